The molecule has 8 heteroatoms. The normalized spacial score (nSPS) is 15.9. The van der Waals surface area contributed by atoms with Gasteiger partial charge in [0.05, 0.1) is 28.3 Å². The largest absolute Gasteiger partial charge is 0.467 e. The van der Waals surface area contributed by atoms with E-state index in [0.717, 1.165) is 39.5 Å². The zero-order valence-corrected chi connectivity index (χ0v) is 21.8. The van der Waals surface area contributed by atoms with Crippen LogP contribution < -0.4 is 5.32 Å². The first-order chi connectivity index (χ1) is 17.5. The van der Waals surface area contributed by atoms with Crippen molar-refractivity contribution in [2.75, 3.05) is 5.32 Å². The van der Waals surface area contributed by atoms with Gasteiger partial charge in [0, 0.05) is 5.69 Å². The molecule has 0 aliphatic heterocycles. The molecule has 4 aromatic rings. The van der Waals surface area contributed by atoms with Gasteiger partial charge in [-0.2, -0.15) is 0 Å². The third-order valence-electron chi connectivity index (χ3n) is 6.71. The summed E-state index contributed by atoms with van der Waals surface area (Å²) in [6.45, 7) is 2.15. The Labute approximate surface area is 219 Å². The number of rotatable bonds is 8. The summed E-state index contributed by atoms with van der Waals surface area (Å²) in [6.07, 6.45) is 5.69. The second-order valence-corrected chi connectivity index (χ2v) is 11.7. The number of nitrogens with one attached hydrogen (secondary N) is 1. The molecule has 36 heavy (non-hydrogen) atoms. The Bertz CT molecular complexity index is 1280. The van der Waals surface area contributed by atoms with E-state index in [0.29, 0.717) is 18.6 Å². The van der Waals surface area contributed by atoms with Crippen LogP contribution in [-0.4, -0.2) is 32.5 Å². The molecule has 1 aliphatic carbocycles. The second kappa shape index (κ2) is 10.9. The van der Waals surface area contributed by atoms with Crippen molar-refractivity contribution < 1.29 is 14.0 Å². The van der Waals surface area contributed by atoms with E-state index in [1.54, 1.807) is 22.5 Å². The van der Waals surface area contributed by atoms with Crippen molar-refractivity contribution in [3.63, 3.8) is 0 Å². The van der Waals surface area contributed by atoms with Crippen LogP contribution in [0.15, 0.2) is 81.8 Å². The fraction of sp³-hybridized carbons (Fsp3) is 0.321. The fourth-order valence-corrected chi connectivity index (χ4v) is 7.12. The molecule has 2 amide bonds. The Balaban J connectivity index is 1.45. The van der Waals surface area contributed by atoms with Crippen molar-refractivity contribution in [1.82, 2.24) is 9.88 Å². The van der Waals surface area contributed by atoms with Crippen molar-refractivity contribution >= 4 is 50.8 Å². The number of hydrogen-bond acceptors (Lipinski definition) is 6. The molecule has 0 saturated heterocycles. The van der Waals surface area contributed by atoms with E-state index < -0.39 is 10.8 Å². The zero-order chi connectivity index (χ0) is 25.0. The minimum Gasteiger partial charge on any atom is -0.467 e. The van der Waals surface area contributed by atoms with Gasteiger partial charge in [-0.1, -0.05) is 61.4 Å². The third kappa shape index (κ3) is 5.20. The average molecular weight is 520 g/mol. The molecule has 6 nitrogen and oxygen atoms in total. The van der Waals surface area contributed by atoms with Crippen LogP contribution in [0, 0.1) is 0 Å². The lowest BCUT2D eigenvalue weighted by Crippen LogP contribution is -2.60. The van der Waals surface area contributed by atoms with Crippen molar-refractivity contribution in [3.8, 4) is 0 Å². The molecule has 2 aromatic heterocycles. The molecule has 0 unspecified atom stereocenters. The van der Waals surface area contributed by atoms with Crippen LogP contribution in [0.25, 0.3) is 10.2 Å². The monoisotopic (exact) mass is 519 g/mol. The van der Waals surface area contributed by atoms with Crippen LogP contribution >= 0.6 is 23.1 Å². The van der Waals surface area contributed by atoms with E-state index in [1.165, 1.54) is 11.8 Å². The lowest BCUT2D eigenvalue weighted by Gasteiger charge is -2.45. The van der Waals surface area contributed by atoms with Crippen molar-refractivity contribution in [3.05, 3.63) is 78.8 Å². The summed E-state index contributed by atoms with van der Waals surface area (Å²) >= 11 is 3.04. The van der Waals surface area contributed by atoms with Gasteiger partial charge in [0.2, 0.25) is 11.8 Å². The van der Waals surface area contributed by atoms with Gasteiger partial charge in [-0.05, 0) is 56.2 Å². The van der Waals surface area contributed by atoms with E-state index in [-0.39, 0.29) is 18.4 Å². The summed E-state index contributed by atoms with van der Waals surface area (Å²) in [5.74, 6) is 0.448. The third-order valence-corrected chi connectivity index (χ3v) is 8.93. The number of carbonyl (C=O) groups is 2. The van der Waals surface area contributed by atoms with Crippen LogP contribution in [0.3, 0.4) is 0 Å². The summed E-state index contributed by atoms with van der Waals surface area (Å²) in [6, 6.07) is 21.1. The molecular formula is C28H29N3O3S2. The maximum absolute atomic E-state index is 14.1. The lowest BCUT2D eigenvalue weighted by atomic mass is 9.79. The number of thiazole rings is 1. The first kappa shape index (κ1) is 24.6. The molecule has 2 heterocycles. The lowest BCUT2D eigenvalue weighted by molar-refractivity contribution is -0.148. The molecule has 2 aromatic carbocycles. The van der Waals surface area contributed by atoms with E-state index in [4.69, 9.17) is 9.40 Å². The molecule has 1 N–H and O–H groups in total. The summed E-state index contributed by atoms with van der Waals surface area (Å²) in [4.78, 5) is 34.5. The molecule has 1 atom stereocenters. The fourth-order valence-electron chi connectivity index (χ4n) is 4.85. The van der Waals surface area contributed by atoms with Gasteiger partial charge < -0.3 is 14.6 Å². The predicted molar refractivity (Wildman–Crippen MR) is 145 cm³/mol. The van der Waals surface area contributed by atoms with E-state index in [1.807, 2.05) is 73.7 Å². The van der Waals surface area contributed by atoms with E-state index in [9.17, 15) is 9.59 Å². The number of anilines is 1. The number of hydrogen-bond donors (Lipinski definition) is 1. The Hall–Kier alpha value is -3.10. The first-order valence-corrected chi connectivity index (χ1v) is 14.0. The number of para-hydroxylation sites is 2. The number of carbonyl (C=O) groups excluding carboxylic acids is 2. The maximum Gasteiger partial charge on any atom is 0.250 e. The quantitative estimate of drug-likeness (QED) is 0.261. The number of amides is 2. The van der Waals surface area contributed by atoms with Gasteiger partial charge in [-0.3, -0.25) is 9.59 Å². The number of nitrogens with zero attached hydrogens (tertiary/aromatic N) is 2. The number of fused-ring (bicyclic) bond motifs is 1. The van der Waals surface area contributed by atoms with Crippen LogP contribution in [-0.2, 0) is 16.1 Å². The van der Waals surface area contributed by atoms with Gasteiger partial charge >= 0.3 is 0 Å². The Morgan fingerprint density at radius 3 is 2.53 bits per heavy atom. The standard InChI is InChI=1S/C28H29N3O3S2/c1-20(35-27-30-23-14-6-7-15-24(23)36-27)25(32)31(19-22-13-10-18-34-22)28(16-8-3-9-17-28)26(33)29-21-11-4-2-5-12-21/h2,4-7,10-15,18,20H,3,8-9,16-17,19H2,1H3,(H,29,33)/t20-/m0/s1. The van der Waals surface area contributed by atoms with Gasteiger partial charge in [0.1, 0.15) is 11.3 Å². The Kier molecular flexibility index (Phi) is 7.43. The molecular weight excluding hydrogens is 490 g/mol. The summed E-state index contributed by atoms with van der Waals surface area (Å²) < 4.78 is 7.59. The number of thioether (sulfide) groups is 1. The average Bonchev–Trinajstić information content (AvgIpc) is 3.57. The molecule has 0 bridgehead atoms. The van der Waals surface area contributed by atoms with E-state index >= 15 is 0 Å². The van der Waals surface area contributed by atoms with Crippen LogP contribution in [0.1, 0.15) is 44.8 Å². The smallest absolute Gasteiger partial charge is 0.250 e. The predicted octanol–water partition coefficient (Wildman–Crippen LogP) is 6.74. The van der Waals surface area contributed by atoms with Gasteiger partial charge in [0.25, 0.3) is 0 Å². The summed E-state index contributed by atoms with van der Waals surface area (Å²) in [5.41, 5.74) is 0.721. The topological polar surface area (TPSA) is 75.4 Å². The summed E-state index contributed by atoms with van der Waals surface area (Å²) in [7, 11) is 0. The second-order valence-electron chi connectivity index (χ2n) is 9.12. The van der Waals surface area contributed by atoms with Crippen molar-refractivity contribution in [1.29, 1.82) is 0 Å². The van der Waals surface area contributed by atoms with Crippen LogP contribution in [0.4, 0.5) is 5.69 Å². The maximum atomic E-state index is 14.1. The molecule has 1 fully saturated rings. The van der Waals surface area contributed by atoms with Gasteiger partial charge in [-0.25, -0.2) is 4.98 Å². The highest BCUT2D eigenvalue weighted by Crippen LogP contribution is 2.39. The molecule has 0 spiro atoms. The van der Waals surface area contributed by atoms with Crippen LogP contribution in [0.2, 0.25) is 0 Å². The Morgan fingerprint density at radius 1 is 1.06 bits per heavy atom. The minimum atomic E-state index is -0.944. The summed E-state index contributed by atoms with van der Waals surface area (Å²) in [5, 5.41) is 2.68. The molecule has 1 aliphatic rings. The Morgan fingerprint density at radius 2 is 1.81 bits per heavy atom. The highest BCUT2D eigenvalue weighted by Gasteiger charge is 2.48. The molecule has 186 valence electrons. The first-order valence-electron chi connectivity index (χ1n) is 12.3. The number of aromatic nitrogens is 1. The van der Waals surface area contributed by atoms with Crippen molar-refractivity contribution in [2.24, 2.45) is 0 Å². The number of benzene rings is 2. The van der Waals surface area contributed by atoms with Gasteiger partial charge in [0.15, 0.2) is 4.34 Å². The van der Waals surface area contributed by atoms with Crippen LogP contribution in [0.5, 0.6) is 0 Å². The molecule has 5 rings (SSSR count). The zero-order valence-electron chi connectivity index (χ0n) is 20.2. The van der Waals surface area contributed by atoms with Gasteiger partial charge in [-0.15, -0.1) is 11.3 Å². The SMILES string of the molecule is C[C@H](Sc1nc2ccccc2s1)C(=O)N(Cc1ccco1)C1(C(=O)Nc2ccccc2)CCCCC1. The highest BCUT2D eigenvalue weighted by molar-refractivity contribution is 8.02. The molecule has 0 radical (unpaired) electrons. The highest BCUT2D eigenvalue weighted by atomic mass is 32.2. The van der Waals surface area contributed by atoms with E-state index in [2.05, 4.69) is 5.32 Å². The number of furan rings is 1. The molecule has 1 saturated carbocycles. The van der Waals surface area contributed by atoms with Crippen molar-refractivity contribution in [2.45, 2.75) is 60.7 Å². The minimum absolute atomic E-state index is 0.0826.